The Morgan fingerprint density at radius 3 is 0.938 bits per heavy atom. The van der Waals surface area contributed by atoms with Gasteiger partial charge in [0, 0.05) is 13.2 Å². The molecule has 184 valence electrons. The van der Waals surface area contributed by atoms with E-state index in [9.17, 15) is 0 Å². The summed E-state index contributed by atoms with van der Waals surface area (Å²) in [6, 6.07) is 0. The molecule has 0 amide bonds. The first kappa shape index (κ1) is 24.1. The molecule has 32 heavy (non-hydrogen) atoms. The second-order valence-corrected chi connectivity index (χ2v) is 25.9. The van der Waals surface area contributed by atoms with Crippen molar-refractivity contribution in [3.05, 3.63) is 0 Å². The zero-order chi connectivity index (χ0) is 23.5. The van der Waals surface area contributed by atoms with Crippen molar-refractivity contribution in [3.63, 3.8) is 0 Å². The molecule has 0 aromatic carbocycles. The summed E-state index contributed by atoms with van der Waals surface area (Å²) in [7, 11) is -3.32. The van der Waals surface area contributed by atoms with E-state index >= 15 is 0 Å². The van der Waals surface area contributed by atoms with Crippen molar-refractivity contribution < 1.29 is 8.85 Å². The third kappa shape index (κ3) is 3.51. The van der Waals surface area contributed by atoms with E-state index in [2.05, 4.69) is 67.7 Å². The minimum Gasteiger partial charge on any atom is -0.416 e. The molecule has 7 aliphatic rings. The highest BCUT2D eigenvalue weighted by molar-refractivity contribution is 6.74. The van der Waals surface area contributed by atoms with E-state index in [0.717, 1.165) is 48.7 Å². The van der Waals surface area contributed by atoms with E-state index < -0.39 is 16.6 Å². The van der Waals surface area contributed by atoms with Gasteiger partial charge in [-0.2, -0.15) is 0 Å². The van der Waals surface area contributed by atoms with Crippen LogP contribution in [0.4, 0.5) is 0 Å². The van der Waals surface area contributed by atoms with Gasteiger partial charge in [0.1, 0.15) is 0 Å². The average Bonchev–Trinajstić information content (AvgIpc) is 2.67. The summed E-state index contributed by atoms with van der Waals surface area (Å²) in [4.78, 5) is 0. The molecule has 7 rings (SSSR count). The second-order valence-electron chi connectivity index (χ2n) is 16.3. The van der Waals surface area contributed by atoms with Crippen LogP contribution in [0.5, 0.6) is 0 Å². The Hall–Kier alpha value is 0.354. The fraction of sp³-hybridized carbons (Fsp3) is 1.00. The van der Waals surface area contributed by atoms with Gasteiger partial charge < -0.3 is 8.85 Å². The van der Waals surface area contributed by atoms with Crippen molar-refractivity contribution in [2.75, 3.05) is 13.2 Å². The van der Waals surface area contributed by atoms with Crippen LogP contribution in [0, 0.1) is 46.3 Å². The van der Waals surface area contributed by atoms with Crippen molar-refractivity contribution >= 4 is 16.6 Å². The van der Waals surface area contributed by atoms with Gasteiger partial charge in [-0.3, -0.25) is 0 Å². The van der Waals surface area contributed by atoms with Crippen LogP contribution in [0.1, 0.15) is 80.1 Å². The fourth-order valence-corrected chi connectivity index (χ4v) is 10.9. The molecule has 0 unspecified atom stereocenters. The molecule has 7 saturated carbocycles. The molecule has 0 radical (unpaired) electrons. The van der Waals surface area contributed by atoms with Gasteiger partial charge in [0.15, 0.2) is 16.6 Å². The summed E-state index contributed by atoms with van der Waals surface area (Å²) >= 11 is 0. The molecule has 0 spiro atoms. The smallest absolute Gasteiger partial charge is 0.192 e. The molecule has 0 saturated heterocycles. The Morgan fingerprint density at radius 2 is 0.750 bits per heavy atom. The van der Waals surface area contributed by atoms with Crippen molar-refractivity contribution in [2.45, 2.75) is 116 Å². The molecular formula is C28H52O2Si2. The van der Waals surface area contributed by atoms with Crippen LogP contribution in [0.15, 0.2) is 0 Å². The predicted octanol–water partition coefficient (Wildman–Crippen LogP) is 8.11. The molecule has 2 nitrogen and oxygen atoms in total. The third-order valence-corrected chi connectivity index (χ3v) is 21.4. The van der Waals surface area contributed by atoms with E-state index in [4.69, 9.17) is 8.85 Å². The van der Waals surface area contributed by atoms with Gasteiger partial charge in [0.2, 0.25) is 0 Å². The summed E-state index contributed by atoms with van der Waals surface area (Å²) < 4.78 is 13.8. The summed E-state index contributed by atoms with van der Waals surface area (Å²) in [5.74, 6) is 6.04. The van der Waals surface area contributed by atoms with E-state index in [0.29, 0.717) is 20.9 Å². The molecule has 0 heterocycles. The van der Waals surface area contributed by atoms with Crippen molar-refractivity contribution in [1.82, 2.24) is 0 Å². The van der Waals surface area contributed by atoms with E-state index in [1.807, 2.05) is 0 Å². The van der Waals surface area contributed by atoms with Crippen molar-refractivity contribution in [3.8, 4) is 0 Å². The van der Waals surface area contributed by atoms with E-state index in [1.165, 1.54) is 38.5 Å². The quantitative estimate of drug-likeness (QED) is 0.360. The Labute approximate surface area is 201 Å². The van der Waals surface area contributed by atoms with E-state index in [-0.39, 0.29) is 0 Å². The Balaban J connectivity index is 1.30. The molecule has 0 aliphatic heterocycles. The molecule has 0 atom stereocenters. The lowest BCUT2D eigenvalue weighted by Crippen LogP contribution is -2.69. The van der Waals surface area contributed by atoms with Gasteiger partial charge in [-0.1, -0.05) is 41.5 Å². The van der Waals surface area contributed by atoms with Gasteiger partial charge in [-0.15, -0.1) is 0 Å². The van der Waals surface area contributed by atoms with Crippen LogP contribution in [0.25, 0.3) is 0 Å². The third-order valence-electron chi connectivity index (χ3n) is 12.4. The lowest BCUT2D eigenvalue weighted by molar-refractivity contribution is -0.266. The van der Waals surface area contributed by atoms with Gasteiger partial charge in [0.25, 0.3) is 0 Å². The van der Waals surface area contributed by atoms with Crippen LogP contribution in [-0.2, 0) is 8.85 Å². The number of rotatable bonds is 6. The van der Waals surface area contributed by atoms with Gasteiger partial charge >= 0.3 is 0 Å². The zero-order valence-electron chi connectivity index (χ0n) is 22.9. The SMILES string of the molecule is CC(C)(C)[Si](C)(C)OCC12CC3C4CC5(CO[Si](C)(C)C(C)(C)C)CC3C(C1)C(C5)C4C2. The maximum atomic E-state index is 6.90. The van der Waals surface area contributed by atoms with E-state index in [1.54, 1.807) is 0 Å². The lowest BCUT2D eigenvalue weighted by Gasteiger charge is -2.75. The molecule has 7 fully saturated rings. The van der Waals surface area contributed by atoms with Crippen LogP contribution in [0.2, 0.25) is 36.3 Å². The Kier molecular flexibility index (Phi) is 5.25. The molecular weight excluding hydrogens is 424 g/mol. The number of hydrogen-bond donors (Lipinski definition) is 0. The summed E-state index contributed by atoms with van der Waals surface area (Å²) in [5.41, 5.74) is 1.04. The molecule has 8 bridgehead atoms. The highest BCUT2D eigenvalue weighted by atomic mass is 28.4. The van der Waals surface area contributed by atoms with Gasteiger partial charge in [-0.25, -0.2) is 0 Å². The summed E-state index contributed by atoms with van der Waals surface area (Å²) in [6.07, 6.45) is 8.89. The summed E-state index contributed by atoms with van der Waals surface area (Å²) in [6.45, 7) is 26.3. The highest BCUT2D eigenvalue weighted by Gasteiger charge is 2.70. The molecule has 7 aliphatic carbocycles. The first-order valence-corrected chi connectivity index (χ1v) is 19.6. The maximum absolute atomic E-state index is 6.90. The highest BCUT2D eigenvalue weighted by Crippen LogP contribution is 2.77. The van der Waals surface area contributed by atoms with Gasteiger partial charge in [0.05, 0.1) is 0 Å². The molecule has 0 N–H and O–H groups in total. The number of hydrogen-bond acceptors (Lipinski definition) is 2. The predicted molar refractivity (Wildman–Crippen MR) is 140 cm³/mol. The van der Waals surface area contributed by atoms with Crippen molar-refractivity contribution in [2.24, 2.45) is 46.3 Å². The molecule has 0 aromatic heterocycles. The van der Waals surface area contributed by atoms with Crippen LogP contribution < -0.4 is 0 Å². The zero-order valence-corrected chi connectivity index (χ0v) is 24.9. The normalized spacial score (nSPS) is 45.2. The Bertz CT molecular complexity index is 629. The van der Waals surface area contributed by atoms with Crippen LogP contribution in [-0.4, -0.2) is 29.8 Å². The maximum Gasteiger partial charge on any atom is 0.192 e. The molecule has 4 heteroatoms. The Morgan fingerprint density at radius 1 is 0.531 bits per heavy atom. The first-order valence-electron chi connectivity index (χ1n) is 13.8. The van der Waals surface area contributed by atoms with Crippen molar-refractivity contribution in [1.29, 1.82) is 0 Å². The average molecular weight is 477 g/mol. The standard InChI is InChI=1S/C28H52O2Si2/c1-25(2,3)31(7,8)29-17-27-11-19-22-14-28(18-30-32(9,10)26(4,5)6)15-23(19)21(13-27)24(16-28)20(22)12-27/h19-24H,11-18H2,1-10H3. The monoisotopic (exact) mass is 476 g/mol. The lowest BCUT2D eigenvalue weighted by atomic mass is 9.30. The minimum absolute atomic E-state index is 0.323. The van der Waals surface area contributed by atoms with Crippen LogP contribution >= 0.6 is 0 Å². The molecule has 0 aromatic rings. The second kappa shape index (κ2) is 6.98. The van der Waals surface area contributed by atoms with Crippen LogP contribution in [0.3, 0.4) is 0 Å². The minimum atomic E-state index is -1.66. The van der Waals surface area contributed by atoms with Gasteiger partial charge in [-0.05, 0) is 121 Å². The summed E-state index contributed by atoms with van der Waals surface area (Å²) in [5, 5.41) is 0.646. The topological polar surface area (TPSA) is 18.5 Å². The fourth-order valence-electron chi connectivity index (χ4n) is 8.68. The largest absolute Gasteiger partial charge is 0.416 e. The first-order chi connectivity index (χ1) is 14.5.